The summed E-state index contributed by atoms with van der Waals surface area (Å²) in [6, 6.07) is 3.09. The van der Waals surface area contributed by atoms with Crippen LogP contribution in [0.15, 0.2) is 23.1 Å². The maximum Gasteiger partial charge on any atom is 0.274 e. The van der Waals surface area contributed by atoms with Gasteiger partial charge in [-0.15, -0.1) is 0 Å². The fourth-order valence-corrected chi connectivity index (χ4v) is 2.32. The van der Waals surface area contributed by atoms with Crippen molar-refractivity contribution < 1.29 is 14.4 Å². The fraction of sp³-hybridized carbons (Fsp3) is 0.467. The lowest BCUT2D eigenvalue weighted by molar-refractivity contribution is -0.129. The van der Waals surface area contributed by atoms with Gasteiger partial charge in [0.2, 0.25) is 11.8 Å². The second-order valence-corrected chi connectivity index (χ2v) is 5.61. The summed E-state index contributed by atoms with van der Waals surface area (Å²) < 4.78 is 1.25. The first kappa shape index (κ1) is 15.9. The first-order valence-corrected chi connectivity index (χ1v) is 7.10. The van der Waals surface area contributed by atoms with Crippen molar-refractivity contribution in [1.29, 1.82) is 0 Å². The number of ketones is 1. The number of amides is 2. The average molecular weight is 305 g/mol. The van der Waals surface area contributed by atoms with Crippen LogP contribution in [-0.2, 0) is 20.9 Å². The van der Waals surface area contributed by atoms with E-state index in [1.54, 1.807) is 20.2 Å². The van der Waals surface area contributed by atoms with Gasteiger partial charge in [-0.2, -0.15) is 0 Å². The highest BCUT2D eigenvalue weighted by molar-refractivity contribution is 5.97. The van der Waals surface area contributed by atoms with E-state index >= 15 is 0 Å². The lowest BCUT2D eigenvalue weighted by Gasteiger charge is -2.13. The summed E-state index contributed by atoms with van der Waals surface area (Å²) >= 11 is 0. The molecule has 1 atom stereocenters. The molecule has 1 N–H and O–H groups in total. The molecular formula is C15H19N3O4. The molecular weight excluding hydrogens is 286 g/mol. The Morgan fingerprint density at radius 3 is 2.68 bits per heavy atom. The highest BCUT2D eigenvalue weighted by Gasteiger charge is 2.28. The minimum absolute atomic E-state index is 0.0715. The summed E-state index contributed by atoms with van der Waals surface area (Å²) in [5.41, 5.74) is -0.311. The molecule has 2 amide bonds. The van der Waals surface area contributed by atoms with Crippen molar-refractivity contribution in [2.24, 2.45) is 5.92 Å². The Labute approximate surface area is 127 Å². The van der Waals surface area contributed by atoms with Gasteiger partial charge in [-0.25, -0.2) is 0 Å². The van der Waals surface area contributed by atoms with Gasteiger partial charge < -0.3 is 14.8 Å². The van der Waals surface area contributed by atoms with Crippen LogP contribution in [0.25, 0.3) is 0 Å². The maximum atomic E-state index is 12.3. The van der Waals surface area contributed by atoms with E-state index in [1.807, 2.05) is 0 Å². The topological polar surface area (TPSA) is 88.5 Å². The summed E-state index contributed by atoms with van der Waals surface area (Å²) in [4.78, 5) is 48.6. The number of aromatic nitrogens is 1. The number of hydrogen-bond acceptors (Lipinski definition) is 4. The molecule has 1 aliphatic carbocycles. The van der Waals surface area contributed by atoms with Crippen molar-refractivity contribution in [2.45, 2.75) is 25.8 Å². The zero-order valence-corrected chi connectivity index (χ0v) is 12.7. The van der Waals surface area contributed by atoms with Crippen LogP contribution in [0, 0.1) is 5.92 Å². The van der Waals surface area contributed by atoms with Crippen molar-refractivity contribution in [1.82, 2.24) is 9.47 Å². The first-order valence-electron chi connectivity index (χ1n) is 7.10. The van der Waals surface area contributed by atoms with E-state index in [0.717, 1.165) is 0 Å². The molecule has 0 bridgehead atoms. The van der Waals surface area contributed by atoms with E-state index in [9.17, 15) is 19.2 Å². The lowest BCUT2D eigenvalue weighted by atomic mass is 10.1. The van der Waals surface area contributed by atoms with E-state index in [-0.39, 0.29) is 42.2 Å². The smallest absolute Gasteiger partial charge is 0.274 e. The van der Waals surface area contributed by atoms with Crippen molar-refractivity contribution in [3.8, 4) is 0 Å². The molecule has 1 fully saturated rings. The number of carbonyl (C=O) groups is 3. The average Bonchev–Trinajstić information content (AvgIpc) is 2.89. The minimum Gasteiger partial charge on any atom is -0.347 e. The van der Waals surface area contributed by atoms with E-state index in [0.29, 0.717) is 12.8 Å². The van der Waals surface area contributed by atoms with Gasteiger partial charge in [0, 0.05) is 39.1 Å². The highest BCUT2D eigenvalue weighted by Crippen LogP contribution is 2.22. The summed E-state index contributed by atoms with van der Waals surface area (Å²) in [5, 5.41) is 2.57. The molecule has 0 spiro atoms. The van der Waals surface area contributed by atoms with E-state index in [4.69, 9.17) is 0 Å². The Morgan fingerprint density at radius 2 is 2.09 bits per heavy atom. The number of hydrogen-bond donors (Lipinski definition) is 1. The Balaban J connectivity index is 2.12. The molecule has 1 heterocycles. The van der Waals surface area contributed by atoms with Gasteiger partial charge in [0.15, 0.2) is 0 Å². The SMILES string of the molecule is CN(C)C(=O)Cn1cccc(NC(=O)C2CCC(=O)C2)c1=O. The summed E-state index contributed by atoms with van der Waals surface area (Å²) in [6.07, 6.45) is 2.66. The molecule has 118 valence electrons. The van der Waals surface area contributed by atoms with Crippen molar-refractivity contribution in [3.63, 3.8) is 0 Å². The van der Waals surface area contributed by atoms with Crippen LogP contribution >= 0.6 is 0 Å². The molecule has 7 nitrogen and oxygen atoms in total. The molecule has 0 aliphatic heterocycles. The molecule has 22 heavy (non-hydrogen) atoms. The van der Waals surface area contributed by atoms with Gasteiger partial charge in [-0.3, -0.25) is 19.2 Å². The monoisotopic (exact) mass is 305 g/mol. The van der Waals surface area contributed by atoms with Crippen LogP contribution in [0.4, 0.5) is 5.69 Å². The molecule has 7 heteroatoms. The third-order valence-corrected chi connectivity index (χ3v) is 3.70. The molecule has 1 unspecified atom stereocenters. The highest BCUT2D eigenvalue weighted by atomic mass is 16.2. The first-order chi connectivity index (χ1) is 10.4. The molecule has 1 aromatic heterocycles. The Morgan fingerprint density at radius 1 is 1.36 bits per heavy atom. The van der Waals surface area contributed by atoms with Crippen LogP contribution < -0.4 is 10.9 Å². The predicted molar refractivity (Wildman–Crippen MR) is 80.4 cm³/mol. The fourth-order valence-electron chi connectivity index (χ4n) is 2.32. The third-order valence-electron chi connectivity index (χ3n) is 3.70. The number of pyridine rings is 1. The number of rotatable bonds is 4. The molecule has 0 saturated heterocycles. The third kappa shape index (κ3) is 3.60. The number of anilines is 1. The second kappa shape index (κ2) is 6.55. The Kier molecular flexibility index (Phi) is 4.75. The van der Waals surface area contributed by atoms with Crippen LogP contribution in [0.1, 0.15) is 19.3 Å². The standard InChI is InChI=1S/C15H19N3O4/c1-17(2)13(20)9-18-7-3-4-12(15(18)22)16-14(21)10-5-6-11(19)8-10/h3-4,7,10H,5-6,8-9H2,1-2H3,(H,16,21). The van der Waals surface area contributed by atoms with Crippen molar-refractivity contribution in [3.05, 3.63) is 28.7 Å². The Hall–Kier alpha value is -2.44. The number of nitrogens with zero attached hydrogens (tertiary/aromatic N) is 2. The molecule has 1 saturated carbocycles. The minimum atomic E-state index is -0.435. The molecule has 0 aromatic carbocycles. The van der Waals surface area contributed by atoms with Crippen molar-refractivity contribution in [2.75, 3.05) is 19.4 Å². The normalized spacial score (nSPS) is 17.4. The van der Waals surface area contributed by atoms with E-state index in [2.05, 4.69) is 5.32 Å². The molecule has 1 aliphatic rings. The zero-order valence-electron chi connectivity index (χ0n) is 12.7. The molecule has 1 aromatic rings. The quantitative estimate of drug-likeness (QED) is 0.863. The van der Waals surface area contributed by atoms with Gasteiger partial charge in [-0.05, 0) is 18.6 Å². The summed E-state index contributed by atoms with van der Waals surface area (Å²) in [7, 11) is 3.21. The van der Waals surface area contributed by atoms with Gasteiger partial charge in [-0.1, -0.05) is 0 Å². The number of Topliss-reactive ketones (excluding diaryl/α,β-unsaturated/α-hetero) is 1. The maximum absolute atomic E-state index is 12.3. The largest absolute Gasteiger partial charge is 0.347 e. The molecule has 2 rings (SSSR count). The summed E-state index contributed by atoms with van der Waals surface area (Å²) in [5.74, 6) is -0.835. The summed E-state index contributed by atoms with van der Waals surface area (Å²) in [6.45, 7) is -0.0859. The second-order valence-electron chi connectivity index (χ2n) is 5.61. The van der Waals surface area contributed by atoms with Crippen LogP contribution in [0.5, 0.6) is 0 Å². The molecule has 0 radical (unpaired) electrons. The van der Waals surface area contributed by atoms with Gasteiger partial charge in [0.25, 0.3) is 5.56 Å². The van der Waals surface area contributed by atoms with E-state index in [1.165, 1.54) is 21.7 Å². The van der Waals surface area contributed by atoms with Gasteiger partial charge >= 0.3 is 0 Å². The number of carbonyl (C=O) groups excluding carboxylic acids is 3. The lowest BCUT2D eigenvalue weighted by Crippen LogP contribution is -2.33. The van der Waals surface area contributed by atoms with Gasteiger partial charge in [0.1, 0.15) is 18.0 Å². The van der Waals surface area contributed by atoms with E-state index < -0.39 is 5.56 Å². The van der Waals surface area contributed by atoms with Crippen LogP contribution in [-0.4, -0.2) is 41.2 Å². The number of likely N-dealkylation sites (N-methyl/N-ethyl adjacent to an activating group) is 1. The predicted octanol–water partition coefficient (Wildman–Crippen LogP) is 0.244. The van der Waals surface area contributed by atoms with Crippen LogP contribution in [0.3, 0.4) is 0 Å². The number of nitrogens with one attached hydrogen (secondary N) is 1. The van der Waals surface area contributed by atoms with Gasteiger partial charge in [0.05, 0.1) is 0 Å². The Bertz CT molecular complexity index is 663. The zero-order chi connectivity index (χ0) is 16.3. The van der Waals surface area contributed by atoms with Crippen molar-refractivity contribution >= 4 is 23.3 Å². The van der Waals surface area contributed by atoms with Crippen LogP contribution in [0.2, 0.25) is 0 Å².